The Morgan fingerprint density at radius 2 is 1.93 bits per heavy atom. The number of methoxy groups -OCH3 is 1. The second kappa shape index (κ2) is 12.7. The lowest BCUT2D eigenvalue weighted by Gasteiger charge is -2.37. The van der Waals surface area contributed by atoms with Crippen LogP contribution in [0.1, 0.15) is 79.2 Å². The number of hydrogen-bond donors (Lipinski definition) is 1. The van der Waals surface area contributed by atoms with Crippen LogP contribution in [0.3, 0.4) is 0 Å². The van der Waals surface area contributed by atoms with Crippen molar-refractivity contribution in [2.75, 3.05) is 33.4 Å². The van der Waals surface area contributed by atoms with Crippen LogP contribution in [-0.4, -0.2) is 64.8 Å². The second-order valence-corrected chi connectivity index (χ2v) is 12.9. The van der Waals surface area contributed by atoms with E-state index in [1.54, 1.807) is 12.5 Å². The van der Waals surface area contributed by atoms with Crippen LogP contribution in [0.4, 0.5) is 4.79 Å². The summed E-state index contributed by atoms with van der Waals surface area (Å²) in [5.41, 5.74) is 7.20. The molecule has 0 radical (unpaired) electrons. The number of benzene rings is 1. The summed E-state index contributed by atoms with van der Waals surface area (Å²) in [6, 6.07) is 10.2. The number of carbonyl (C=O) groups is 2. The summed E-state index contributed by atoms with van der Waals surface area (Å²) in [5, 5.41) is 3.21. The third-order valence-corrected chi connectivity index (χ3v) is 8.27. The topological polar surface area (TPSA) is 98.6 Å². The van der Waals surface area contributed by atoms with E-state index in [-0.39, 0.29) is 35.9 Å². The molecule has 5 rings (SSSR count). The number of nitrogens with zero attached hydrogens (tertiary/aromatic N) is 4. The van der Waals surface area contributed by atoms with Crippen molar-refractivity contribution in [3.05, 3.63) is 82.7 Å². The lowest BCUT2D eigenvalue weighted by atomic mass is 9.75. The molecule has 1 saturated heterocycles. The molecule has 2 amide bonds. The van der Waals surface area contributed by atoms with Gasteiger partial charge in [0.1, 0.15) is 6.61 Å². The number of aromatic nitrogens is 3. The van der Waals surface area contributed by atoms with E-state index in [9.17, 15) is 9.59 Å². The molecule has 0 spiro atoms. The zero-order valence-electron chi connectivity index (χ0n) is 26.1. The van der Waals surface area contributed by atoms with Gasteiger partial charge in [-0.2, -0.15) is 0 Å². The third kappa shape index (κ3) is 6.82. The number of aryl methyl sites for hydroxylation is 2. The monoisotopic (exact) mass is 585 g/mol. The molecule has 9 nitrogen and oxygen atoms in total. The van der Waals surface area contributed by atoms with Gasteiger partial charge in [-0.1, -0.05) is 50.6 Å². The first kappa shape index (κ1) is 30.5. The van der Waals surface area contributed by atoms with Crippen molar-refractivity contribution in [1.29, 1.82) is 0 Å². The number of ether oxygens (including phenoxy) is 2. The summed E-state index contributed by atoms with van der Waals surface area (Å²) in [4.78, 5) is 37.0. The molecule has 3 aromatic rings. The van der Waals surface area contributed by atoms with Gasteiger partial charge in [-0.15, -0.1) is 0 Å². The first-order valence-corrected chi connectivity index (χ1v) is 15.0. The van der Waals surface area contributed by atoms with Gasteiger partial charge in [-0.3, -0.25) is 9.78 Å². The van der Waals surface area contributed by atoms with Crippen molar-refractivity contribution in [1.82, 2.24) is 24.8 Å². The number of piperidine rings is 1. The van der Waals surface area contributed by atoms with E-state index in [1.165, 1.54) is 12.7 Å². The minimum Gasteiger partial charge on any atom is -0.449 e. The number of rotatable bonds is 7. The van der Waals surface area contributed by atoms with E-state index in [1.807, 2.05) is 28.8 Å². The second-order valence-electron chi connectivity index (χ2n) is 12.9. The predicted molar refractivity (Wildman–Crippen MR) is 166 cm³/mol. The lowest BCUT2D eigenvalue weighted by molar-refractivity contribution is -0.125. The molecule has 9 heteroatoms. The van der Waals surface area contributed by atoms with Gasteiger partial charge in [-0.05, 0) is 65.5 Å². The third-order valence-electron chi connectivity index (χ3n) is 8.27. The van der Waals surface area contributed by atoms with E-state index in [4.69, 9.17) is 14.5 Å². The zero-order valence-corrected chi connectivity index (χ0v) is 26.1. The maximum Gasteiger partial charge on any atom is 0.409 e. The Hall–Kier alpha value is -3.98. The quantitative estimate of drug-likeness (QED) is 0.393. The summed E-state index contributed by atoms with van der Waals surface area (Å²) in [5.74, 6) is 0.0876. The predicted octanol–water partition coefficient (Wildman–Crippen LogP) is 5.51. The van der Waals surface area contributed by atoms with E-state index in [0.717, 1.165) is 46.5 Å². The van der Waals surface area contributed by atoms with Crippen LogP contribution in [0, 0.1) is 18.3 Å². The molecule has 43 heavy (non-hydrogen) atoms. The molecule has 0 bridgehead atoms. The number of likely N-dealkylation sites (tertiary alicyclic amines) is 1. The van der Waals surface area contributed by atoms with E-state index in [0.29, 0.717) is 19.7 Å². The molecule has 1 N–H and O–H groups in total. The van der Waals surface area contributed by atoms with Gasteiger partial charge in [-0.25, -0.2) is 9.78 Å². The van der Waals surface area contributed by atoms with Crippen molar-refractivity contribution in [2.45, 2.75) is 52.5 Å². The first-order valence-electron chi connectivity index (χ1n) is 15.0. The Morgan fingerprint density at radius 1 is 1.16 bits per heavy atom. The fraction of sp³-hybridized carbons (Fsp3) is 0.471. The zero-order chi connectivity index (χ0) is 30.7. The largest absolute Gasteiger partial charge is 0.449 e. The van der Waals surface area contributed by atoms with Crippen molar-refractivity contribution in [3.8, 4) is 0 Å². The van der Waals surface area contributed by atoms with Crippen LogP contribution >= 0.6 is 0 Å². The fourth-order valence-corrected chi connectivity index (χ4v) is 6.19. The standard InChI is InChI=1S/C34H43N5O4/c1-22-9-10-25-26(16-22)27(32(37-29(40)19-42-6)28-18-35-21-38(28)5)17-24-8-7-13-36-31(24)30(25)23-11-14-39(15-12-23)33(41)43-20-34(2,3)4/h7-10,13,16-18,21,23,30,32H,11-12,14-15,19-20H2,1-6H3,(H,37,40). The summed E-state index contributed by atoms with van der Waals surface area (Å²) < 4.78 is 12.7. The van der Waals surface area contributed by atoms with Gasteiger partial charge in [0.25, 0.3) is 0 Å². The Morgan fingerprint density at radius 3 is 2.60 bits per heavy atom. The maximum atomic E-state index is 13.0. The molecule has 1 aromatic carbocycles. The average molecular weight is 586 g/mol. The summed E-state index contributed by atoms with van der Waals surface area (Å²) in [7, 11) is 3.45. The average Bonchev–Trinajstić information content (AvgIpc) is 3.34. The van der Waals surface area contributed by atoms with Crippen LogP contribution in [0.5, 0.6) is 0 Å². The van der Waals surface area contributed by atoms with Crippen molar-refractivity contribution in [2.24, 2.45) is 18.4 Å². The SMILES string of the molecule is COCC(=O)NC(C1=Cc2cccnc2C(C2CCN(C(=O)OCC(C)(C)C)CC2)c2ccc(C)cc21)c1cncn1C. The molecule has 0 saturated carbocycles. The van der Waals surface area contributed by atoms with Crippen molar-refractivity contribution < 1.29 is 19.1 Å². The highest BCUT2D eigenvalue weighted by molar-refractivity contribution is 5.91. The van der Waals surface area contributed by atoms with Gasteiger partial charge >= 0.3 is 6.09 Å². The number of nitrogens with one attached hydrogen (secondary N) is 1. The molecule has 1 aliphatic carbocycles. The number of carbonyl (C=O) groups excluding carboxylic acids is 2. The summed E-state index contributed by atoms with van der Waals surface area (Å²) >= 11 is 0. The van der Waals surface area contributed by atoms with Crippen molar-refractivity contribution in [3.63, 3.8) is 0 Å². The van der Waals surface area contributed by atoms with Gasteiger partial charge < -0.3 is 24.3 Å². The maximum absolute atomic E-state index is 13.0. The highest BCUT2D eigenvalue weighted by Crippen LogP contribution is 2.47. The normalized spacial score (nSPS) is 17.8. The summed E-state index contributed by atoms with van der Waals surface area (Å²) in [6.07, 6.45) is 9.01. The minimum absolute atomic E-state index is 0.0233. The highest BCUT2D eigenvalue weighted by atomic mass is 16.6. The Kier molecular flexibility index (Phi) is 9.01. The van der Waals surface area contributed by atoms with E-state index < -0.39 is 6.04 Å². The molecule has 2 aromatic heterocycles. The van der Waals surface area contributed by atoms with Gasteiger partial charge in [0.2, 0.25) is 5.91 Å². The van der Waals surface area contributed by atoms with Gasteiger partial charge in [0.05, 0.1) is 36.6 Å². The molecule has 3 heterocycles. The number of imidazole rings is 1. The lowest BCUT2D eigenvalue weighted by Crippen LogP contribution is -2.41. The highest BCUT2D eigenvalue weighted by Gasteiger charge is 2.37. The summed E-state index contributed by atoms with van der Waals surface area (Å²) in [6.45, 7) is 9.90. The minimum atomic E-state index is -0.457. The van der Waals surface area contributed by atoms with Crippen LogP contribution < -0.4 is 5.32 Å². The molecule has 2 atom stereocenters. The number of hydrogen-bond acceptors (Lipinski definition) is 6. The number of amides is 2. The fourth-order valence-electron chi connectivity index (χ4n) is 6.19. The van der Waals surface area contributed by atoms with Crippen LogP contribution in [0.2, 0.25) is 0 Å². The van der Waals surface area contributed by atoms with Crippen LogP contribution in [-0.2, 0) is 21.3 Å². The molecular weight excluding hydrogens is 542 g/mol. The smallest absolute Gasteiger partial charge is 0.409 e. The van der Waals surface area contributed by atoms with E-state index >= 15 is 0 Å². The molecule has 2 unspecified atom stereocenters. The van der Waals surface area contributed by atoms with Crippen LogP contribution in [0.25, 0.3) is 11.6 Å². The first-order chi connectivity index (χ1) is 20.6. The van der Waals surface area contributed by atoms with Gasteiger partial charge in [0, 0.05) is 39.4 Å². The number of fused-ring (bicyclic) bond motifs is 2. The Bertz CT molecular complexity index is 1500. The Labute approximate surface area is 254 Å². The molecular formula is C34H43N5O4. The molecule has 228 valence electrons. The molecule has 1 aliphatic heterocycles. The number of pyridine rings is 1. The molecule has 2 aliphatic rings. The van der Waals surface area contributed by atoms with Crippen LogP contribution in [0.15, 0.2) is 49.1 Å². The van der Waals surface area contributed by atoms with Crippen molar-refractivity contribution >= 4 is 23.6 Å². The Balaban J connectivity index is 1.54. The van der Waals surface area contributed by atoms with Gasteiger partial charge in [0.15, 0.2) is 0 Å². The van der Waals surface area contributed by atoms with E-state index in [2.05, 4.69) is 68.3 Å². The molecule has 1 fully saturated rings.